The van der Waals surface area contributed by atoms with E-state index in [4.69, 9.17) is 10.5 Å². The highest BCUT2D eigenvalue weighted by Crippen LogP contribution is 2.16. The lowest BCUT2D eigenvalue weighted by molar-refractivity contribution is 0.0977. The molecule has 0 bridgehead atoms. The second-order valence-electron chi connectivity index (χ2n) is 4.56. The van der Waals surface area contributed by atoms with Crippen molar-refractivity contribution in [3.63, 3.8) is 0 Å². The van der Waals surface area contributed by atoms with Crippen LogP contribution in [-0.4, -0.2) is 11.0 Å². The molecule has 0 spiro atoms. The van der Waals surface area contributed by atoms with E-state index in [0.29, 0.717) is 17.9 Å². The number of nitrogens with two attached hydrogens (primary N) is 1. The Hall–Kier alpha value is -2.40. The highest BCUT2D eigenvalue weighted by Gasteiger charge is 2.07. The Morgan fingerprint density at radius 2 is 2.00 bits per heavy atom. The normalized spacial score (nSPS) is 9.95. The van der Waals surface area contributed by atoms with E-state index in [1.165, 1.54) is 5.56 Å². The Balaban J connectivity index is 2.06. The molecule has 0 fully saturated rings. The summed E-state index contributed by atoms with van der Waals surface area (Å²) in [6.45, 7) is 2.48. The van der Waals surface area contributed by atoms with Gasteiger partial charge in [0.1, 0.15) is 12.4 Å². The van der Waals surface area contributed by atoms with Crippen molar-refractivity contribution in [3.05, 3.63) is 65.2 Å². The first kappa shape index (κ1) is 15.0. The van der Waals surface area contributed by atoms with Crippen molar-refractivity contribution in [1.82, 2.24) is 5.32 Å². The average molecular weight is 300 g/mol. The largest absolute Gasteiger partial charge is 0.489 e. The summed E-state index contributed by atoms with van der Waals surface area (Å²) in [5.74, 6) is 0.276. The van der Waals surface area contributed by atoms with Crippen LogP contribution in [0.4, 0.5) is 0 Å². The van der Waals surface area contributed by atoms with Gasteiger partial charge in [-0.3, -0.25) is 10.1 Å². The number of hydrogen-bond acceptors (Lipinski definition) is 3. The van der Waals surface area contributed by atoms with Gasteiger partial charge in [0, 0.05) is 5.56 Å². The number of ether oxygens (including phenoxy) is 1. The van der Waals surface area contributed by atoms with E-state index in [1.807, 2.05) is 31.2 Å². The van der Waals surface area contributed by atoms with E-state index in [2.05, 4.69) is 17.5 Å². The molecule has 0 unspecified atom stereocenters. The molecule has 0 saturated carbocycles. The summed E-state index contributed by atoms with van der Waals surface area (Å²) in [5, 5.41) is 2.33. The Labute approximate surface area is 128 Å². The molecule has 0 saturated heterocycles. The molecular weight excluding hydrogens is 284 g/mol. The SMILES string of the molecule is Cc1ccccc1COc1cccc(C(=O)NC(N)=S)c1. The van der Waals surface area contributed by atoms with Crippen LogP contribution in [0.3, 0.4) is 0 Å². The van der Waals surface area contributed by atoms with Crippen molar-refractivity contribution in [1.29, 1.82) is 0 Å². The molecule has 2 rings (SSSR count). The number of benzene rings is 2. The van der Waals surface area contributed by atoms with Gasteiger partial charge in [0.2, 0.25) is 0 Å². The summed E-state index contributed by atoms with van der Waals surface area (Å²) in [4.78, 5) is 11.8. The number of hydrogen-bond donors (Lipinski definition) is 2. The number of nitrogens with one attached hydrogen (secondary N) is 1. The molecule has 0 aliphatic heterocycles. The summed E-state index contributed by atoms with van der Waals surface area (Å²) < 4.78 is 5.72. The predicted molar refractivity (Wildman–Crippen MR) is 86.2 cm³/mol. The zero-order valence-corrected chi connectivity index (χ0v) is 12.4. The lowest BCUT2D eigenvalue weighted by Crippen LogP contribution is -2.34. The number of thiocarbonyl (C=S) groups is 1. The van der Waals surface area contributed by atoms with Crippen molar-refractivity contribution >= 4 is 23.2 Å². The van der Waals surface area contributed by atoms with Gasteiger partial charge in [-0.05, 0) is 48.5 Å². The quantitative estimate of drug-likeness (QED) is 0.852. The standard InChI is InChI=1S/C16H16N2O2S/c1-11-5-2-3-6-13(11)10-20-14-8-4-7-12(9-14)15(19)18-16(17)21/h2-9H,10H2,1H3,(H3,17,18,19,21). The van der Waals surface area contributed by atoms with Crippen LogP contribution in [-0.2, 0) is 6.61 Å². The number of amides is 1. The molecule has 3 N–H and O–H groups in total. The molecule has 2 aromatic carbocycles. The maximum atomic E-state index is 11.8. The molecule has 0 atom stereocenters. The molecule has 2 aromatic rings. The summed E-state index contributed by atoms with van der Waals surface area (Å²) in [6, 6.07) is 14.9. The average Bonchev–Trinajstić information content (AvgIpc) is 2.46. The van der Waals surface area contributed by atoms with Crippen molar-refractivity contribution in [2.24, 2.45) is 5.73 Å². The molecule has 0 heterocycles. The fourth-order valence-electron chi connectivity index (χ4n) is 1.84. The maximum absolute atomic E-state index is 11.8. The van der Waals surface area contributed by atoms with Gasteiger partial charge in [-0.15, -0.1) is 0 Å². The molecule has 0 aliphatic carbocycles. The van der Waals surface area contributed by atoms with E-state index in [0.717, 1.165) is 5.56 Å². The Bertz CT molecular complexity index is 671. The van der Waals surface area contributed by atoms with Crippen LogP contribution in [0.5, 0.6) is 5.75 Å². The van der Waals surface area contributed by atoms with Crippen LogP contribution < -0.4 is 15.8 Å². The Kier molecular flexibility index (Phi) is 4.90. The maximum Gasteiger partial charge on any atom is 0.257 e. The third-order valence-electron chi connectivity index (χ3n) is 2.99. The molecule has 0 radical (unpaired) electrons. The molecule has 0 aliphatic rings. The van der Waals surface area contributed by atoms with E-state index in [1.54, 1.807) is 24.3 Å². The first-order valence-electron chi connectivity index (χ1n) is 6.44. The third-order valence-corrected chi connectivity index (χ3v) is 3.09. The number of carbonyl (C=O) groups is 1. The summed E-state index contributed by atoms with van der Waals surface area (Å²) >= 11 is 4.65. The number of carbonyl (C=O) groups excluding carboxylic acids is 1. The van der Waals surface area contributed by atoms with E-state index in [-0.39, 0.29) is 11.0 Å². The van der Waals surface area contributed by atoms with Gasteiger partial charge < -0.3 is 10.5 Å². The second-order valence-corrected chi connectivity index (χ2v) is 5.00. The van der Waals surface area contributed by atoms with Gasteiger partial charge in [0.25, 0.3) is 5.91 Å². The van der Waals surface area contributed by atoms with E-state index < -0.39 is 0 Å². The smallest absolute Gasteiger partial charge is 0.257 e. The topological polar surface area (TPSA) is 64.3 Å². The van der Waals surface area contributed by atoms with E-state index >= 15 is 0 Å². The van der Waals surface area contributed by atoms with Crippen LogP contribution in [0.1, 0.15) is 21.5 Å². The molecule has 0 aromatic heterocycles. The van der Waals surface area contributed by atoms with E-state index in [9.17, 15) is 4.79 Å². The van der Waals surface area contributed by atoms with Gasteiger partial charge in [-0.2, -0.15) is 0 Å². The number of rotatable bonds is 4. The molecular formula is C16H16N2O2S. The van der Waals surface area contributed by atoms with Crippen molar-refractivity contribution in [2.75, 3.05) is 0 Å². The zero-order chi connectivity index (χ0) is 15.2. The molecule has 21 heavy (non-hydrogen) atoms. The summed E-state index contributed by atoms with van der Waals surface area (Å²) in [7, 11) is 0. The molecule has 108 valence electrons. The van der Waals surface area contributed by atoms with Crippen molar-refractivity contribution in [2.45, 2.75) is 13.5 Å². The first-order chi connectivity index (χ1) is 10.1. The van der Waals surface area contributed by atoms with Gasteiger partial charge in [0.15, 0.2) is 5.11 Å². The van der Waals surface area contributed by atoms with Crippen LogP contribution in [0.15, 0.2) is 48.5 Å². The van der Waals surface area contributed by atoms with Crippen LogP contribution >= 0.6 is 12.2 Å². The van der Waals surface area contributed by atoms with Gasteiger partial charge in [-0.1, -0.05) is 30.3 Å². The minimum atomic E-state index is -0.344. The highest BCUT2D eigenvalue weighted by molar-refractivity contribution is 7.80. The lowest BCUT2D eigenvalue weighted by atomic mass is 10.1. The monoisotopic (exact) mass is 300 g/mol. The Morgan fingerprint density at radius 1 is 1.24 bits per heavy atom. The minimum Gasteiger partial charge on any atom is -0.489 e. The van der Waals surface area contributed by atoms with Crippen LogP contribution in [0.2, 0.25) is 0 Å². The first-order valence-corrected chi connectivity index (χ1v) is 6.85. The predicted octanol–water partition coefficient (Wildman–Crippen LogP) is 2.55. The van der Waals surface area contributed by atoms with Crippen LogP contribution in [0.25, 0.3) is 0 Å². The molecule has 5 heteroatoms. The molecule has 4 nitrogen and oxygen atoms in total. The minimum absolute atomic E-state index is 0.0498. The molecule has 1 amide bonds. The van der Waals surface area contributed by atoms with Gasteiger partial charge in [-0.25, -0.2) is 0 Å². The summed E-state index contributed by atoms with van der Waals surface area (Å²) in [6.07, 6.45) is 0. The highest BCUT2D eigenvalue weighted by atomic mass is 32.1. The van der Waals surface area contributed by atoms with Gasteiger partial charge >= 0.3 is 0 Å². The fraction of sp³-hybridized carbons (Fsp3) is 0.125. The summed E-state index contributed by atoms with van der Waals surface area (Å²) in [5.41, 5.74) is 8.01. The fourth-order valence-corrected chi connectivity index (χ4v) is 1.94. The lowest BCUT2D eigenvalue weighted by Gasteiger charge is -2.10. The zero-order valence-electron chi connectivity index (χ0n) is 11.6. The van der Waals surface area contributed by atoms with Crippen molar-refractivity contribution in [3.8, 4) is 5.75 Å². The number of aryl methyl sites for hydroxylation is 1. The third kappa shape index (κ3) is 4.29. The van der Waals surface area contributed by atoms with Crippen LogP contribution in [0, 0.1) is 6.92 Å². The van der Waals surface area contributed by atoms with Crippen molar-refractivity contribution < 1.29 is 9.53 Å². The second kappa shape index (κ2) is 6.85. The Morgan fingerprint density at radius 3 is 2.71 bits per heavy atom. The van der Waals surface area contributed by atoms with Gasteiger partial charge in [0.05, 0.1) is 0 Å².